The highest BCUT2D eigenvalue weighted by Gasteiger charge is 2.12. The molecule has 0 radical (unpaired) electrons. The Labute approximate surface area is 190 Å². The van der Waals surface area contributed by atoms with Gasteiger partial charge in [0, 0.05) is 11.1 Å². The first-order valence-corrected chi connectivity index (χ1v) is 11.1. The van der Waals surface area contributed by atoms with Crippen molar-refractivity contribution in [1.82, 2.24) is 9.97 Å². The SMILES string of the molecule is Cc1ccc(NC(=O)CSc2nc(-c3ccccc3)cc(-c3ccccc3)n2)c(Cl)c1. The average Bonchev–Trinajstić information content (AvgIpc) is 2.80. The number of nitrogens with one attached hydrogen (secondary N) is 1. The smallest absolute Gasteiger partial charge is 0.234 e. The molecule has 4 nitrogen and oxygen atoms in total. The molecule has 1 amide bonds. The molecule has 31 heavy (non-hydrogen) atoms. The summed E-state index contributed by atoms with van der Waals surface area (Å²) >= 11 is 7.52. The fourth-order valence-corrected chi connectivity index (χ4v) is 3.98. The fourth-order valence-electron chi connectivity index (χ4n) is 3.04. The third-order valence-corrected chi connectivity index (χ3v) is 5.74. The summed E-state index contributed by atoms with van der Waals surface area (Å²) in [6.45, 7) is 1.95. The molecule has 0 aliphatic carbocycles. The summed E-state index contributed by atoms with van der Waals surface area (Å²) in [5.41, 5.74) is 5.27. The van der Waals surface area contributed by atoms with E-state index in [0.717, 1.165) is 28.1 Å². The molecule has 0 fully saturated rings. The zero-order valence-electron chi connectivity index (χ0n) is 16.9. The Hall–Kier alpha value is -3.15. The molecule has 1 heterocycles. The highest BCUT2D eigenvalue weighted by molar-refractivity contribution is 7.99. The second kappa shape index (κ2) is 9.77. The molecule has 0 atom stereocenters. The number of amides is 1. The van der Waals surface area contributed by atoms with Crippen LogP contribution in [0.5, 0.6) is 0 Å². The molecule has 4 rings (SSSR count). The van der Waals surface area contributed by atoms with E-state index in [0.29, 0.717) is 15.9 Å². The Morgan fingerprint density at radius 2 is 1.45 bits per heavy atom. The zero-order valence-corrected chi connectivity index (χ0v) is 18.5. The van der Waals surface area contributed by atoms with Gasteiger partial charge in [0.1, 0.15) is 0 Å². The average molecular weight is 446 g/mol. The number of anilines is 1. The van der Waals surface area contributed by atoms with Crippen LogP contribution in [0.25, 0.3) is 22.5 Å². The number of thioether (sulfide) groups is 1. The van der Waals surface area contributed by atoms with Gasteiger partial charge in [0.15, 0.2) is 5.16 Å². The monoisotopic (exact) mass is 445 g/mol. The Balaban J connectivity index is 1.56. The van der Waals surface area contributed by atoms with Gasteiger partial charge in [0.25, 0.3) is 0 Å². The molecule has 0 unspecified atom stereocenters. The van der Waals surface area contributed by atoms with Gasteiger partial charge in [-0.25, -0.2) is 9.97 Å². The van der Waals surface area contributed by atoms with Crippen molar-refractivity contribution in [1.29, 1.82) is 0 Å². The van der Waals surface area contributed by atoms with Gasteiger partial charge in [0.2, 0.25) is 5.91 Å². The van der Waals surface area contributed by atoms with Crippen LogP contribution in [0.3, 0.4) is 0 Å². The lowest BCUT2D eigenvalue weighted by Crippen LogP contribution is -2.14. The highest BCUT2D eigenvalue weighted by Crippen LogP contribution is 2.27. The first-order valence-electron chi connectivity index (χ1n) is 9.77. The lowest BCUT2D eigenvalue weighted by atomic mass is 10.1. The van der Waals surface area contributed by atoms with Gasteiger partial charge < -0.3 is 5.32 Å². The molecule has 3 aromatic carbocycles. The van der Waals surface area contributed by atoms with Crippen LogP contribution >= 0.6 is 23.4 Å². The maximum atomic E-state index is 12.5. The molecule has 1 aromatic heterocycles. The van der Waals surface area contributed by atoms with E-state index in [-0.39, 0.29) is 11.7 Å². The van der Waals surface area contributed by atoms with Crippen LogP contribution in [0.2, 0.25) is 5.02 Å². The van der Waals surface area contributed by atoms with Crippen molar-refractivity contribution in [3.8, 4) is 22.5 Å². The number of hydrogen-bond acceptors (Lipinski definition) is 4. The summed E-state index contributed by atoms with van der Waals surface area (Å²) in [5.74, 6) is 0.0159. The topological polar surface area (TPSA) is 54.9 Å². The number of carbonyl (C=O) groups is 1. The van der Waals surface area contributed by atoms with Crippen molar-refractivity contribution in [2.45, 2.75) is 12.1 Å². The van der Waals surface area contributed by atoms with E-state index >= 15 is 0 Å². The van der Waals surface area contributed by atoms with Crippen molar-refractivity contribution in [2.24, 2.45) is 0 Å². The first-order chi connectivity index (χ1) is 15.1. The lowest BCUT2D eigenvalue weighted by Gasteiger charge is -2.10. The standard InChI is InChI=1S/C25H20ClN3OS/c1-17-12-13-21(20(26)14-17)27-24(30)16-31-25-28-22(18-8-4-2-5-9-18)15-23(29-25)19-10-6-3-7-11-19/h2-15H,16H2,1H3,(H,27,30). The molecule has 0 saturated carbocycles. The summed E-state index contributed by atoms with van der Waals surface area (Å²) in [6.07, 6.45) is 0. The summed E-state index contributed by atoms with van der Waals surface area (Å²) in [6, 6.07) is 27.4. The third-order valence-electron chi connectivity index (χ3n) is 4.58. The quantitative estimate of drug-likeness (QED) is 0.271. The number of carbonyl (C=O) groups excluding carboxylic acids is 1. The molecule has 0 saturated heterocycles. The van der Waals surface area contributed by atoms with E-state index in [1.165, 1.54) is 11.8 Å². The number of aryl methyl sites for hydroxylation is 1. The summed E-state index contributed by atoms with van der Waals surface area (Å²) < 4.78 is 0. The molecular formula is C25H20ClN3OS. The van der Waals surface area contributed by atoms with E-state index in [9.17, 15) is 4.79 Å². The lowest BCUT2D eigenvalue weighted by molar-refractivity contribution is -0.113. The number of nitrogens with zero attached hydrogens (tertiary/aromatic N) is 2. The minimum Gasteiger partial charge on any atom is -0.324 e. The predicted octanol–water partition coefficient (Wildman–Crippen LogP) is 6.50. The number of benzene rings is 3. The van der Waals surface area contributed by atoms with Crippen LogP contribution in [-0.4, -0.2) is 21.6 Å². The van der Waals surface area contributed by atoms with Gasteiger partial charge in [-0.05, 0) is 30.7 Å². The fraction of sp³-hybridized carbons (Fsp3) is 0.0800. The van der Waals surface area contributed by atoms with Crippen LogP contribution in [-0.2, 0) is 4.79 Å². The van der Waals surface area contributed by atoms with Crippen molar-refractivity contribution in [3.63, 3.8) is 0 Å². The van der Waals surface area contributed by atoms with Crippen molar-refractivity contribution < 1.29 is 4.79 Å². The van der Waals surface area contributed by atoms with E-state index in [1.807, 2.05) is 85.8 Å². The molecule has 0 bridgehead atoms. The largest absolute Gasteiger partial charge is 0.324 e. The Bertz CT molecular complexity index is 1140. The second-order valence-electron chi connectivity index (χ2n) is 6.97. The van der Waals surface area contributed by atoms with Crippen molar-refractivity contribution >= 4 is 35.0 Å². The third kappa shape index (κ3) is 5.51. The van der Waals surface area contributed by atoms with Crippen LogP contribution in [0.15, 0.2) is 90.1 Å². The number of rotatable bonds is 6. The minimum absolute atomic E-state index is 0.161. The molecule has 154 valence electrons. The van der Waals surface area contributed by atoms with Crippen molar-refractivity contribution in [2.75, 3.05) is 11.1 Å². The molecule has 0 spiro atoms. The maximum absolute atomic E-state index is 12.5. The van der Waals surface area contributed by atoms with Crippen LogP contribution < -0.4 is 5.32 Å². The number of halogens is 1. The van der Waals surface area contributed by atoms with E-state index < -0.39 is 0 Å². The maximum Gasteiger partial charge on any atom is 0.234 e. The second-order valence-corrected chi connectivity index (χ2v) is 8.32. The Morgan fingerprint density at radius 3 is 2.00 bits per heavy atom. The zero-order chi connectivity index (χ0) is 21.6. The molecule has 0 aliphatic rings. The van der Waals surface area contributed by atoms with Gasteiger partial charge in [-0.15, -0.1) is 0 Å². The molecular weight excluding hydrogens is 426 g/mol. The Kier molecular flexibility index (Phi) is 6.65. The minimum atomic E-state index is -0.161. The van der Waals surface area contributed by atoms with E-state index in [1.54, 1.807) is 6.07 Å². The number of hydrogen-bond donors (Lipinski definition) is 1. The van der Waals surface area contributed by atoms with E-state index in [2.05, 4.69) is 15.3 Å². The first kappa shape index (κ1) is 21.1. The van der Waals surface area contributed by atoms with Gasteiger partial charge in [-0.3, -0.25) is 4.79 Å². The van der Waals surface area contributed by atoms with E-state index in [4.69, 9.17) is 11.6 Å². The van der Waals surface area contributed by atoms with Gasteiger partial charge >= 0.3 is 0 Å². The van der Waals surface area contributed by atoms with Crippen molar-refractivity contribution in [3.05, 3.63) is 95.5 Å². The highest BCUT2D eigenvalue weighted by atomic mass is 35.5. The van der Waals surface area contributed by atoms with Gasteiger partial charge in [-0.2, -0.15) is 0 Å². The van der Waals surface area contributed by atoms with Crippen LogP contribution in [0.1, 0.15) is 5.56 Å². The molecule has 6 heteroatoms. The van der Waals surface area contributed by atoms with Crippen LogP contribution in [0.4, 0.5) is 5.69 Å². The number of aromatic nitrogens is 2. The van der Waals surface area contributed by atoms with Gasteiger partial charge in [-0.1, -0.05) is 90.1 Å². The summed E-state index contributed by atoms with van der Waals surface area (Å²) in [5, 5.41) is 3.92. The summed E-state index contributed by atoms with van der Waals surface area (Å²) in [4.78, 5) is 21.9. The normalized spacial score (nSPS) is 10.6. The van der Waals surface area contributed by atoms with Crippen LogP contribution in [0, 0.1) is 6.92 Å². The van der Waals surface area contributed by atoms with Gasteiger partial charge in [0.05, 0.1) is 27.9 Å². The Morgan fingerprint density at radius 1 is 0.871 bits per heavy atom. The molecule has 0 aliphatic heterocycles. The molecule has 4 aromatic rings. The predicted molar refractivity (Wildman–Crippen MR) is 128 cm³/mol. The summed E-state index contributed by atoms with van der Waals surface area (Å²) in [7, 11) is 0. The molecule has 1 N–H and O–H groups in total.